The minimum Gasteiger partial charge on any atom is -0.383 e. The van der Waals surface area contributed by atoms with Crippen molar-refractivity contribution < 1.29 is 5.11 Å². The molecule has 0 spiro atoms. The lowest BCUT2D eigenvalue weighted by Crippen LogP contribution is -2.28. The number of hydrogen-bond donors (Lipinski definition) is 1. The van der Waals surface area contributed by atoms with Crippen LogP contribution in [0.15, 0.2) is 34.9 Å². The molecule has 0 atom stereocenters. The maximum atomic E-state index is 10.6. The van der Waals surface area contributed by atoms with Gasteiger partial charge < -0.3 is 5.11 Å². The van der Waals surface area contributed by atoms with E-state index in [0.29, 0.717) is 12.2 Å². The van der Waals surface area contributed by atoms with Crippen molar-refractivity contribution in [2.75, 3.05) is 0 Å². The lowest BCUT2D eigenvalue weighted by molar-refractivity contribution is -0.00474. The van der Waals surface area contributed by atoms with Gasteiger partial charge in [0, 0.05) is 4.47 Å². The minimum absolute atomic E-state index is 0.677. The molecule has 1 N–H and O–H groups in total. The van der Waals surface area contributed by atoms with Gasteiger partial charge in [-0.05, 0) is 30.5 Å². The van der Waals surface area contributed by atoms with E-state index in [1.54, 1.807) is 4.68 Å². The number of hydrogen-bond acceptors (Lipinski definition) is 3. The third-order valence-electron chi connectivity index (χ3n) is 3.95. The molecule has 0 unspecified atom stereocenters. The molecule has 106 valence electrons. The minimum atomic E-state index is -0.768. The molecule has 3 rings (SSSR count). The second-order valence-corrected chi connectivity index (χ2v) is 6.44. The van der Waals surface area contributed by atoms with Crippen molar-refractivity contribution >= 4 is 15.9 Å². The van der Waals surface area contributed by atoms with Gasteiger partial charge in [-0.2, -0.15) is 0 Å². The first-order valence-electron chi connectivity index (χ1n) is 7.03. The molecule has 1 heterocycles. The van der Waals surface area contributed by atoms with Crippen LogP contribution in [0.2, 0.25) is 0 Å². The maximum absolute atomic E-state index is 10.6. The Labute approximate surface area is 126 Å². The second-order valence-electron chi connectivity index (χ2n) is 5.52. The van der Waals surface area contributed by atoms with Gasteiger partial charge in [0.15, 0.2) is 0 Å². The van der Waals surface area contributed by atoms with Crippen LogP contribution in [0.5, 0.6) is 0 Å². The summed E-state index contributed by atoms with van der Waals surface area (Å²) >= 11 is 3.43. The zero-order valence-electron chi connectivity index (χ0n) is 11.3. The molecule has 1 aromatic heterocycles. The van der Waals surface area contributed by atoms with E-state index in [1.165, 1.54) is 12.0 Å². The highest BCUT2D eigenvalue weighted by Gasteiger charge is 2.33. The predicted octanol–water partition coefficient (Wildman–Crippen LogP) is 3.24. The summed E-state index contributed by atoms with van der Waals surface area (Å²) in [6, 6.07) is 8.14. The maximum Gasteiger partial charge on any atom is 0.114 e. The van der Waals surface area contributed by atoms with E-state index >= 15 is 0 Å². The molecule has 0 radical (unpaired) electrons. The Balaban J connectivity index is 1.74. The summed E-state index contributed by atoms with van der Waals surface area (Å²) in [5.41, 5.74) is 1.12. The van der Waals surface area contributed by atoms with Crippen LogP contribution in [-0.2, 0) is 12.1 Å². The van der Waals surface area contributed by atoms with Crippen LogP contribution < -0.4 is 0 Å². The van der Waals surface area contributed by atoms with Crippen LogP contribution >= 0.6 is 15.9 Å². The molecule has 0 amide bonds. The van der Waals surface area contributed by atoms with E-state index in [4.69, 9.17) is 0 Å². The Morgan fingerprint density at radius 3 is 2.55 bits per heavy atom. The van der Waals surface area contributed by atoms with Crippen molar-refractivity contribution in [1.82, 2.24) is 15.0 Å². The summed E-state index contributed by atoms with van der Waals surface area (Å²) in [5.74, 6) is 0. The standard InChI is InChI=1S/C15H18BrN3O/c16-13-6-4-12(5-7-13)10-19-11-14(17-18-19)15(20)8-2-1-3-9-15/h4-7,11,20H,1-3,8-10H2. The molecule has 0 aliphatic heterocycles. The van der Waals surface area contributed by atoms with Crippen molar-refractivity contribution in [2.45, 2.75) is 44.2 Å². The van der Waals surface area contributed by atoms with Crippen molar-refractivity contribution in [3.05, 3.63) is 46.2 Å². The quantitative estimate of drug-likeness (QED) is 0.936. The van der Waals surface area contributed by atoms with Crippen LogP contribution in [0.1, 0.15) is 43.4 Å². The topological polar surface area (TPSA) is 50.9 Å². The molecule has 1 fully saturated rings. The first kappa shape index (κ1) is 13.8. The van der Waals surface area contributed by atoms with E-state index in [0.717, 1.165) is 30.2 Å². The van der Waals surface area contributed by atoms with Gasteiger partial charge >= 0.3 is 0 Å². The fraction of sp³-hybridized carbons (Fsp3) is 0.467. The molecule has 1 aromatic carbocycles. The Morgan fingerprint density at radius 2 is 1.85 bits per heavy atom. The second kappa shape index (κ2) is 5.66. The van der Waals surface area contributed by atoms with E-state index < -0.39 is 5.60 Å². The van der Waals surface area contributed by atoms with E-state index in [2.05, 4.69) is 38.4 Å². The Morgan fingerprint density at radius 1 is 1.15 bits per heavy atom. The zero-order valence-corrected chi connectivity index (χ0v) is 12.9. The monoisotopic (exact) mass is 335 g/mol. The molecule has 2 aromatic rings. The highest BCUT2D eigenvalue weighted by molar-refractivity contribution is 9.10. The van der Waals surface area contributed by atoms with E-state index in [-0.39, 0.29) is 0 Å². The number of nitrogens with zero attached hydrogens (tertiary/aromatic N) is 3. The van der Waals surface area contributed by atoms with Gasteiger partial charge in [-0.1, -0.05) is 52.5 Å². The van der Waals surface area contributed by atoms with Crippen LogP contribution in [0, 0.1) is 0 Å². The Hall–Kier alpha value is -1.20. The number of aliphatic hydroxyl groups is 1. The smallest absolute Gasteiger partial charge is 0.114 e. The van der Waals surface area contributed by atoms with Crippen LogP contribution in [0.4, 0.5) is 0 Å². The summed E-state index contributed by atoms with van der Waals surface area (Å²) in [7, 11) is 0. The number of aromatic nitrogens is 3. The van der Waals surface area contributed by atoms with Gasteiger partial charge in [0.1, 0.15) is 11.3 Å². The summed E-state index contributed by atoms with van der Waals surface area (Å²) in [5, 5.41) is 19.0. The van der Waals surface area contributed by atoms with Crippen LogP contribution in [0.25, 0.3) is 0 Å². The Bertz CT molecular complexity index is 573. The molecule has 0 saturated heterocycles. The molecule has 1 aliphatic carbocycles. The van der Waals surface area contributed by atoms with Gasteiger partial charge in [0.25, 0.3) is 0 Å². The normalized spacial score (nSPS) is 18.1. The first-order valence-corrected chi connectivity index (χ1v) is 7.82. The van der Waals surface area contributed by atoms with Gasteiger partial charge in [-0.25, -0.2) is 4.68 Å². The van der Waals surface area contributed by atoms with E-state index in [9.17, 15) is 5.11 Å². The zero-order chi connectivity index (χ0) is 14.0. The number of halogens is 1. The average molecular weight is 336 g/mol. The lowest BCUT2D eigenvalue weighted by atomic mass is 9.83. The molecule has 1 saturated carbocycles. The highest BCUT2D eigenvalue weighted by Crippen LogP contribution is 2.35. The summed E-state index contributed by atoms with van der Waals surface area (Å²) in [6.07, 6.45) is 6.81. The van der Waals surface area contributed by atoms with Crippen molar-refractivity contribution in [1.29, 1.82) is 0 Å². The third-order valence-corrected chi connectivity index (χ3v) is 4.48. The van der Waals surface area contributed by atoms with Gasteiger partial charge in [0.05, 0.1) is 12.7 Å². The summed E-state index contributed by atoms with van der Waals surface area (Å²) in [4.78, 5) is 0. The molecular weight excluding hydrogens is 318 g/mol. The molecule has 20 heavy (non-hydrogen) atoms. The summed E-state index contributed by atoms with van der Waals surface area (Å²) < 4.78 is 2.86. The van der Waals surface area contributed by atoms with Crippen molar-refractivity contribution in [2.24, 2.45) is 0 Å². The number of rotatable bonds is 3. The van der Waals surface area contributed by atoms with Crippen molar-refractivity contribution in [3.63, 3.8) is 0 Å². The van der Waals surface area contributed by atoms with Crippen molar-refractivity contribution in [3.8, 4) is 0 Å². The molecule has 0 bridgehead atoms. The lowest BCUT2D eigenvalue weighted by Gasteiger charge is -2.29. The molecule has 5 heteroatoms. The van der Waals surface area contributed by atoms with Gasteiger partial charge in [-0.15, -0.1) is 5.10 Å². The highest BCUT2D eigenvalue weighted by atomic mass is 79.9. The van der Waals surface area contributed by atoms with Crippen LogP contribution in [0.3, 0.4) is 0 Å². The third kappa shape index (κ3) is 2.94. The van der Waals surface area contributed by atoms with Gasteiger partial charge in [-0.3, -0.25) is 0 Å². The van der Waals surface area contributed by atoms with Gasteiger partial charge in [0.2, 0.25) is 0 Å². The molecule has 4 nitrogen and oxygen atoms in total. The molecular formula is C15H18BrN3O. The van der Waals surface area contributed by atoms with E-state index in [1.807, 2.05) is 18.3 Å². The largest absolute Gasteiger partial charge is 0.383 e. The van der Waals surface area contributed by atoms with Crippen LogP contribution in [-0.4, -0.2) is 20.1 Å². The molecule has 1 aliphatic rings. The summed E-state index contributed by atoms with van der Waals surface area (Å²) in [6.45, 7) is 0.677. The SMILES string of the molecule is OC1(c2cn(Cc3ccc(Br)cc3)nn2)CCCCC1. The fourth-order valence-electron chi connectivity index (χ4n) is 2.76. The average Bonchev–Trinajstić information content (AvgIpc) is 2.92. The fourth-order valence-corrected chi connectivity index (χ4v) is 3.02. The number of benzene rings is 1. The Kier molecular flexibility index (Phi) is 3.89. The predicted molar refractivity (Wildman–Crippen MR) is 80.2 cm³/mol. The first-order chi connectivity index (χ1) is 9.66.